The van der Waals surface area contributed by atoms with Crippen LogP contribution in [0.4, 0.5) is 0 Å². The van der Waals surface area contributed by atoms with Gasteiger partial charge in [-0.15, -0.1) is 0 Å². The summed E-state index contributed by atoms with van der Waals surface area (Å²) < 4.78 is 41.3. The van der Waals surface area contributed by atoms with E-state index in [4.69, 9.17) is 44.3 Å². The highest BCUT2D eigenvalue weighted by atomic mass is 32.2. The smallest absolute Gasteiger partial charge is 0.305 e. The molecular formula is C47H84N2O13S6. The van der Waals surface area contributed by atoms with Crippen molar-refractivity contribution in [2.24, 2.45) is 16.6 Å². The van der Waals surface area contributed by atoms with Gasteiger partial charge in [-0.3, -0.25) is 34.2 Å². The van der Waals surface area contributed by atoms with Crippen LogP contribution >= 0.6 is 74.9 Å². The van der Waals surface area contributed by atoms with Gasteiger partial charge in [0.1, 0.15) is 39.6 Å². The molecule has 0 saturated carbocycles. The van der Waals surface area contributed by atoms with E-state index in [0.29, 0.717) is 79.5 Å². The molecular weight excluding hydrogens is 993 g/mol. The lowest BCUT2D eigenvalue weighted by Gasteiger charge is -2.35. The average molecular weight is 1080 g/mol. The van der Waals surface area contributed by atoms with E-state index in [1.54, 1.807) is 0 Å². The Labute approximate surface area is 438 Å². The van der Waals surface area contributed by atoms with Gasteiger partial charge in [0, 0.05) is 44.3 Å². The molecule has 21 heteroatoms. The summed E-state index contributed by atoms with van der Waals surface area (Å²) >= 11 is 22.5. The summed E-state index contributed by atoms with van der Waals surface area (Å²) in [4.78, 5) is 78.8. The van der Waals surface area contributed by atoms with Crippen molar-refractivity contribution >= 4 is 116 Å². The van der Waals surface area contributed by atoms with Gasteiger partial charge in [0.2, 0.25) is 0 Å². The Morgan fingerprint density at radius 3 is 0.779 bits per heavy atom. The first-order valence-corrected chi connectivity index (χ1v) is 28.5. The number of nitrogens with two attached hydrogens (primary N) is 1. The molecule has 3 N–H and O–H groups in total. The number of thioether (sulfide) groups is 1. The first-order valence-electron chi connectivity index (χ1n) is 24.3. The summed E-state index contributed by atoms with van der Waals surface area (Å²) in [7, 11) is 0. The van der Waals surface area contributed by atoms with Crippen molar-refractivity contribution in [3.8, 4) is 0 Å². The standard InChI is InChI=1S/C47H84N2O13S6/c48-45(49)68-30-18-6-12-24-44(55)62-38-47(36-60-42(53)22-10-4-16-28-66,37-61-43(54)23-11-5-17-29-67)32-56-31-46(33-57-39(50)19-7-1-13-25-63,34-58-40(51)20-8-2-14-26-64)35-59-41(52)21-9-3-15-27-65/h63-67H,1-38H2,(H3,48,49). The maximum absolute atomic E-state index is 13.2. The van der Waals surface area contributed by atoms with E-state index in [2.05, 4.69) is 63.1 Å². The Kier molecular flexibility index (Phi) is 44.1. The predicted octanol–water partition coefficient (Wildman–Crippen LogP) is 8.87. The largest absolute Gasteiger partial charge is 0.465 e. The molecule has 68 heavy (non-hydrogen) atoms. The van der Waals surface area contributed by atoms with E-state index in [0.717, 1.165) is 70.6 Å². The zero-order valence-electron chi connectivity index (χ0n) is 40.4. The molecule has 0 saturated heterocycles. The average Bonchev–Trinajstić information content (AvgIpc) is 3.32. The molecule has 0 bridgehead atoms. The van der Waals surface area contributed by atoms with Gasteiger partial charge in [-0.2, -0.15) is 63.1 Å². The van der Waals surface area contributed by atoms with Crippen LogP contribution in [0, 0.1) is 16.2 Å². The number of unbranched alkanes of at least 4 members (excludes halogenated alkanes) is 12. The second-order valence-corrected chi connectivity index (χ2v) is 20.5. The van der Waals surface area contributed by atoms with Crippen LogP contribution < -0.4 is 5.73 Å². The van der Waals surface area contributed by atoms with Gasteiger partial charge in [-0.25, -0.2) is 0 Å². The molecule has 396 valence electrons. The fraction of sp³-hybridized carbons (Fsp3) is 0.851. The number of carbonyl (C=O) groups excluding carboxylic acids is 6. The monoisotopic (exact) mass is 1080 g/mol. The summed E-state index contributed by atoms with van der Waals surface area (Å²) in [6.45, 7) is -2.69. The second kappa shape index (κ2) is 45.2. The fourth-order valence-corrected chi connectivity index (χ4v) is 8.02. The van der Waals surface area contributed by atoms with Crippen molar-refractivity contribution in [3.05, 3.63) is 0 Å². The van der Waals surface area contributed by atoms with Gasteiger partial charge in [-0.1, -0.05) is 50.3 Å². The number of thiol groups is 5. The molecule has 0 aliphatic carbocycles. The van der Waals surface area contributed by atoms with Gasteiger partial charge < -0.3 is 38.9 Å². The normalized spacial score (nSPS) is 11.5. The first-order chi connectivity index (χ1) is 32.8. The number of nitrogens with one attached hydrogen (secondary N) is 1. The minimum atomic E-state index is -1.42. The number of hydrogen-bond donors (Lipinski definition) is 7. The van der Waals surface area contributed by atoms with Crippen molar-refractivity contribution < 1.29 is 61.9 Å². The Morgan fingerprint density at radius 2 is 0.574 bits per heavy atom. The maximum Gasteiger partial charge on any atom is 0.305 e. The number of hydrogen-bond acceptors (Lipinski definition) is 20. The molecule has 0 aliphatic heterocycles. The predicted molar refractivity (Wildman–Crippen MR) is 286 cm³/mol. The van der Waals surface area contributed by atoms with Crippen LogP contribution in [0.5, 0.6) is 0 Å². The molecule has 0 aromatic rings. The topological polar surface area (TPSA) is 217 Å². The van der Waals surface area contributed by atoms with Crippen molar-refractivity contribution in [1.29, 1.82) is 5.41 Å². The first kappa shape index (κ1) is 66.3. The van der Waals surface area contributed by atoms with E-state index < -0.39 is 46.6 Å². The van der Waals surface area contributed by atoms with Gasteiger partial charge in [0.05, 0.1) is 24.0 Å². The van der Waals surface area contributed by atoms with E-state index in [1.807, 2.05) is 0 Å². The molecule has 0 unspecified atom stereocenters. The van der Waals surface area contributed by atoms with E-state index in [1.165, 1.54) is 11.8 Å². The van der Waals surface area contributed by atoms with E-state index >= 15 is 0 Å². The van der Waals surface area contributed by atoms with Gasteiger partial charge in [0.25, 0.3) is 0 Å². The van der Waals surface area contributed by atoms with Crippen LogP contribution in [0.1, 0.15) is 154 Å². The summed E-state index contributed by atoms with van der Waals surface area (Å²) in [5, 5.41) is 7.43. The van der Waals surface area contributed by atoms with E-state index in [9.17, 15) is 28.8 Å². The molecule has 0 heterocycles. The lowest BCUT2D eigenvalue weighted by molar-refractivity contribution is -0.175. The number of rotatable bonds is 47. The number of amidine groups is 1. The third kappa shape index (κ3) is 39.0. The number of ether oxygens (including phenoxy) is 7. The fourth-order valence-electron chi connectivity index (χ4n) is 6.34. The third-order valence-corrected chi connectivity index (χ3v) is 12.9. The van der Waals surface area contributed by atoms with Crippen LogP contribution in [0.3, 0.4) is 0 Å². The van der Waals surface area contributed by atoms with Crippen LogP contribution in [-0.2, 0) is 61.9 Å². The lowest BCUT2D eigenvalue weighted by atomic mass is 9.90. The highest BCUT2D eigenvalue weighted by Gasteiger charge is 2.41. The van der Waals surface area contributed by atoms with Gasteiger partial charge in [0.15, 0.2) is 5.17 Å². The molecule has 0 aromatic heterocycles. The highest BCUT2D eigenvalue weighted by Crippen LogP contribution is 2.27. The number of carbonyl (C=O) groups is 6. The van der Waals surface area contributed by atoms with Crippen molar-refractivity contribution in [3.63, 3.8) is 0 Å². The minimum absolute atomic E-state index is 0.0292. The summed E-state index contributed by atoms with van der Waals surface area (Å²) in [6.07, 6.45) is 13.6. The van der Waals surface area contributed by atoms with Crippen molar-refractivity contribution in [2.75, 3.05) is 87.4 Å². The van der Waals surface area contributed by atoms with E-state index in [-0.39, 0.29) is 96.5 Å². The van der Waals surface area contributed by atoms with Gasteiger partial charge >= 0.3 is 35.8 Å². The van der Waals surface area contributed by atoms with Crippen LogP contribution in [0.15, 0.2) is 0 Å². The SMILES string of the molecule is N=C(N)SCCCCCC(=O)OCC(COCC(COC(=O)CCCCCS)(COC(=O)CCCCCS)COC(=O)CCCCCS)(COC(=O)CCCCCS)COC(=O)CCCCCS. The maximum atomic E-state index is 13.2. The van der Waals surface area contributed by atoms with Crippen LogP contribution in [0.25, 0.3) is 0 Å². The van der Waals surface area contributed by atoms with Crippen molar-refractivity contribution in [1.82, 2.24) is 0 Å². The zero-order valence-corrected chi connectivity index (χ0v) is 45.7. The Hall–Kier alpha value is -1.65. The molecule has 0 aliphatic rings. The lowest BCUT2D eigenvalue weighted by Crippen LogP contribution is -2.47. The summed E-state index contributed by atoms with van der Waals surface area (Å²) in [6, 6.07) is 0. The molecule has 0 spiro atoms. The Balaban J connectivity index is 6.88. The molecule has 0 fully saturated rings. The second-order valence-electron chi connectivity index (χ2n) is 17.2. The van der Waals surface area contributed by atoms with Gasteiger partial charge in [-0.05, 0) is 106 Å². The molecule has 0 aromatic carbocycles. The summed E-state index contributed by atoms with van der Waals surface area (Å²) in [5.41, 5.74) is 2.61. The Morgan fingerprint density at radius 1 is 0.353 bits per heavy atom. The molecule has 0 rings (SSSR count). The molecule has 0 amide bonds. The van der Waals surface area contributed by atoms with Crippen LogP contribution in [-0.4, -0.2) is 128 Å². The number of esters is 6. The Bertz CT molecular complexity index is 1290. The van der Waals surface area contributed by atoms with Crippen molar-refractivity contribution in [2.45, 2.75) is 154 Å². The molecule has 15 nitrogen and oxygen atoms in total. The molecule has 0 atom stereocenters. The summed E-state index contributed by atoms with van der Waals surface area (Å²) in [5.74, 6) is 1.05. The minimum Gasteiger partial charge on any atom is -0.465 e. The van der Waals surface area contributed by atoms with Crippen LogP contribution in [0.2, 0.25) is 0 Å². The quantitative estimate of drug-likeness (QED) is 0.00757. The molecule has 0 radical (unpaired) electrons. The third-order valence-electron chi connectivity index (χ3n) is 10.5. The zero-order chi connectivity index (χ0) is 50.6. The highest BCUT2D eigenvalue weighted by molar-refractivity contribution is 8.13.